The lowest BCUT2D eigenvalue weighted by Gasteiger charge is -2.19. The van der Waals surface area contributed by atoms with Crippen LogP contribution < -0.4 is 4.90 Å². The second kappa shape index (κ2) is 5.57. The maximum Gasteiger partial charge on any atom is 0.299 e. The van der Waals surface area contributed by atoms with Crippen LogP contribution in [0.15, 0.2) is 12.1 Å². The average molecular weight is 273 g/mol. The van der Waals surface area contributed by atoms with Crippen molar-refractivity contribution in [1.82, 2.24) is 0 Å². The van der Waals surface area contributed by atoms with E-state index in [0.717, 1.165) is 29.7 Å². The lowest BCUT2D eigenvalue weighted by Crippen LogP contribution is -2.31. The Labute approximate surface area is 118 Å². The molecule has 1 aromatic carbocycles. The molecule has 0 radical (unpaired) electrons. The molecule has 0 saturated carbocycles. The SMILES string of the molecule is CC(=O)CCCCN1C(=O)C(=O)c2ccc(C)c(C)c21. The van der Waals surface area contributed by atoms with Crippen LogP contribution in [0.4, 0.5) is 5.69 Å². The topological polar surface area (TPSA) is 54.5 Å². The Bertz CT molecular complexity index is 590. The lowest BCUT2D eigenvalue weighted by molar-refractivity contribution is -0.117. The third kappa shape index (κ3) is 2.50. The van der Waals surface area contributed by atoms with E-state index in [1.807, 2.05) is 19.9 Å². The molecule has 0 aromatic heterocycles. The highest BCUT2D eigenvalue weighted by molar-refractivity contribution is 6.52. The van der Waals surface area contributed by atoms with Crippen molar-refractivity contribution in [3.05, 3.63) is 28.8 Å². The van der Waals surface area contributed by atoms with Crippen LogP contribution in [0.1, 0.15) is 47.7 Å². The molecule has 1 amide bonds. The molecule has 106 valence electrons. The van der Waals surface area contributed by atoms with Gasteiger partial charge in [-0.05, 0) is 50.8 Å². The average Bonchev–Trinajstić information content (AvgIpc) is 2.64. The monoisotopic (exact) mass is 273 g/mol. The molecule has 1 aliphatic heterocycles. The van der Waals surface area contributed by atoms with Gasteiger partial charge in [-0.15, -0.1) is 0 Å². The highest BCUT2D eigenvalue weighted by Gasteiger charge is 2.36. The second-order valence-corrected chi connectivity index (χ2v) is 5.35. The quantitative estimate of drug-likeness (QED) is 0.612. The fourth-order valence-corrected chi connectivity index (χ4v) is 2.53. The molecule has 0 saturated heterocycles. The summed E-state index contributed by atoms with van der Waals surface area (Å²) in [5.41, 5.74) is 3.31. The number of aryl methyl sites for hydroxylation is 1. The van der Waals surface area contributed by atoms with Crippen LogP contribution in [-0.4, -0.2) is 24.0 Å². The van der Waals surface area contributed by atoms with Gasteiger partial charge in [-0.1, -0.05) is 6.07 Å². The van der Waals surface area contributed by atoms with Crippen molar-refractivity contribution in [2.24, 2.45) is 0 Å². The fraction of sp³-hybridized carbons (Fsp3) is 0.438. The molecule has 1 aliphatic rings. The zero-order valence-electron chi connectivity index (χ0n) is 12.2. The Morgan fingerprint density at radius 3 is 2.50 bits per heavy atom. The number of nitrogens with zero attached hydrogens (tertiary/aromatic N) is 1. The molecule has 4 nitrogen and oxygen atoms in total. The van der Waals surface area contributed by atoms with Crippen molar-refractivity contribution in [3.8, 4) is 0 Å². The summed E-state index contributed by atoms with van der Waals surface area (Å²) in [7, 11) is 0. The van der Waals surface area contributed by atoms with E-state index in [1.54, 1.807) is 17.9 Å². The third-order valence-electron chi connectivity index (χ3n) is 3.82. The third-order valence-corrected chi connectivity index (χ3v) is 3.82. The number of Topliss-reactive ketones (excluding diaryl/α,β-unsaturated/α-hetero) is 2. The molecule has 0 aliphatic carbocycles. The number of anilines is 1. The summed E-state index contributed by atoms with van der Waals surface area (Å²) in [6.07, 6.45) is 1.99. The number of amides is 1. The number of carbonyl (C=O) groups is 3. The van der Waals surface area contributed by atoms with Gasteiger partial charge in [0.05, 0.1) is 11.3 Å². The summed E-state index contributed by atoms with van der Waals surface area (Å²) in [6, 6.07) is 3.60. The van der Waals surface area contributed by atoms with E-state index in [1.165, 1.54) is 0 Å². The summed E-state index contributed by atoms with van der Waals surface area (Å²) >= 11 is 0. The molecule has 1 heterocycles. The molecule has 0 fully saturated rings. The van der Waals surface area contributed by atoms with Gasteiger partial charge in [-0.3, -0.25) is 9.59 Å². The van der Waals surface area contributed by atoms with Gasteiger partial charge >= 0.3 is 0 Å². The van der Waals surface area contributed by atoms with E-state index in [-0.39, 0.29) is 5.78 Å². The largest absolute Gasteiger partial charge is 0.304 e. The maximum absolute atomic E-state index is 12.1. The van der Waals surface area contributed by atoms with Crippen LogP contribution in [0.5, 0.6) is 0 Å². The van der Waals surface area contributed by atoms with Gasteiger partial charge in [0.1, 0.15) is 5.78 Å². The molecular weight excluding hydrogens is 254 g/mol. The summed E-state index contributed by atoms with van der Waals surface area (Å²) in [6.45, 7) is 5.96. The van der Waals surface area contributed by atoms with Crippen molar-refractivity contribution in [3.63, 3.8) is 0 Å². The molecule has 1 aromatic rings. The van der Waals surface area contributed by atoms with Crippen molar-refractivity contribution < 1.29 is 14.4 Å². The summed E-state index contributed by atoms with van der Waals surface area (Å²) in [5.74, 6) is -0.715. The Balaban J connectivity index is 2.19. The molecule has 2 rings (SSSR count). The van der Waals surface area contributed by atoms with E-state index in [4.69, 9.17) is 0 Å². The normalized spacial score (nSPS) is 13.8. The standard InChI is InChI=1S/C16H19NO3/c1-10-7-8-13-14(12(10)3)17(16(20)15(13)19)9-5-4-6-11(2)18/h7-8H,4-6,9H2,1-3H3. The first-order chi connectivity index (χ1) is 9.43. The van der Waals surface area contributed by atoms with Crippen molar-refractivity contribution >= 4 is 23.2 Å². The first kappa shape index (κ1) is 14.4. The van der Waals surface area contributed by atoms with Gasteiger partial charge in [-0.2, -0.15) is 0 Å². The second-order valence-electron chi connectivity index (χ2n) is 5.35. The van der Waals surface area contributed by atoms with Crippen molar-refractivity contribution in [1.29, 1.82) is 0 Å². The molecular formula is C16H19NO3. The van der Waals surface area contributed by atoms with Gasteiger partial charge in [0.15, 0.2) is 0 Å². The van der Waals surface area contributed by atoms with E-state index in [0.29, 0.717) is 18.5 Å². The zero-order valence-corrected chi connectivity index (χ0v) is 12.2. The Hall–Kier alpha value is -1.97. The van der Waals surface area contributed by atoms with Crippen LogP contribution in [0.25, 0.3) is 0 Å². The Morgan fingerprint density at radius 1 is 1.15 bits per heavy atom. The van der Waals surface area contributed by atoms with Gasteiger partial charge in [0.25, 0.3) is 11.7 Å². The molecule has 20 heavy (non-hydrogen) atoms. The van der Waals surface area contributed by atoms with E-state index < -0.39 is 11.7 Å². The van der Waals surface area contributed by atoms with Crippen LogP contribution in [0.2, 0.25) is 0 Å². The summed E-state index contributed by atoms with van der Waals surface area (Å²) < 4.78 is 0. The van der Waals surface area contributed by atoms with Gasteiger partial charge in [0, 0.05) is 13.0 Å². The van der Waals surface area contributed by atoms with Crippen LogP contribution in [0.3, 0.4) is 0 Å². The maximum atomic E-state index is 12.1. The van der Waals surface area contributed by atoms with Crippen molar-refractivity contribution in [2.45, 2.75) is 40.0 Å². The molecule has 4 heteroatoms. The molecule has 0 spiro atoms. The number of fused-ring (bicyclic) bond motifs is 1. The smallest absolute Gasteiger partial charge is 0.299 e. The number of ketones is 2. The van der Waals surface area contributed by atoms with Crippen LogP contribution in [0, 0.1) is 13.8 Å². The molecule has 0 bridgehead atoms. The number of unbranched alkanes of at least 4 members (excludes halogenated alkanes) is 1. The fourth-order valence-electron chi connectivity index (χ4n) is 2.53. The molecule has 0 unspecified atom stereocenters. The summed E-state index contributed by atoms with van der Waals surface area (Å²) in [4.78, 5) is 36.5. The predicted molar refractivity (Wildman–Crippen MR) is 77.1 cm³/mol. The van der Waals surface area contributed by atoms with E-state index in [2.05, 4.69) is 0 Å². The number of rotatable bonds is 5. The first-order valence-corrected chi connectivity index (χ1v) is 6.89. The lowest BCUT2D eigenvalue weighted by atomic mass is 10.0. The number of benzene rings is 1. The minimum atomic E-state index is -0.448. The number of hydrogen-bond donors (Lipinski definition) is 0. The van der Waals surface area contributed by atoms with Crippen molar-refractivity contribution in [2.75, 3.05) is 11.4 Å². The first-order valence-electron chi connectivity index (χ1n) is 6.89. The number of hydrogen-bond acceptors (Lipinski definition) is 3. The highest BCUT2D eigenvalue weighted by Crippen LogP contribution is 2.34. The van der Waals surface area contributed by atoms with Crippen LogP contribution >= 0.6 is 0 Å². The number of carbonyl (C=O) groups excluding carboxylic acids is 3. The minimum absolute atomic E-state index is 0.154. The van der Waals surface area contributed by atoms with Gasteiger partial charge in [0.2, 0.25) is 0 Å². The zero-order chi connectivity index (χ0) is 14.9. The summed E-state index contributed by atoms with van der Waals surface area (Å²) in [5, 5.41) is 0. The van der Waals surface area contributed by atoms with Gasteiger partial charge in [-0.25, -0.2) is 0 Å². The van der Waals surface area contributed by atoms with E-state index in [9.17, 15) is 14.4 Å². The van der Waals surface area contributed by atoms with Gasteiger partial charge < -0.3 is 9.69 Å². The van der Waals surface area contributed by atoms with E-state index >= 15 is 0 Å². The molecule has 0 N–H and O–H groups in total. The minimum Gasteiger partial charge on any atom is -0.304 e. The highest BCUT2D eigenvalue weighted by atomic mass is 16.2. The Kier molecular flexibility index (Phi) is 4.02. The van der Waals surface area contributed by atoms with Crippen LogP contribution in [-0.2, 0) is 9.59 Å². The Morgan fingerprint density at radius 2 is 1.85 bits per heavy atom. The molecule has 0 atom stereocenters. The predicted octanol–water partition coefficient (Wildman–Crippen LogP) is 2.59.